The normalized spacial score (nSPS) is 21.6. The van der Waals surface area contributed by atoms with Gasteiger partial charge in [0.1, 0.15) is 0 Å². The summed E-state index contributed by atoms with van der Waals surface area (Å²) < 4.78 is 4.82. The Bertz CT molecular complexity index is 646. The van der Waals surface area contributed by atoms with Crippen LogP contribution in [0.1, 0.15) is 15.9 Å². The Balaban J connectivity index is 1.70. The van der Waals surface area contributed by atoms with Gasteiger partial charge < -0.3 is 15.0 Å². The van der Waals surface area contributed by atoms with Crippen LogP contribution in [-0.4, -0.2) is 66.9 Å². The number of benzene rings is 1. The van der Waals surface area contributed by atoms with Crippen LogP contribution in [0.25, 0.3) is 0 Å². The van der Waals surface area contributed by atoms with Crippen molar-refractivity contribution in [2.24, 2.45) is 0 Å². The third-order valence-electron chi connectivity index (χ3n) is 4.34. The zero-order valence-corrected chi connectivity index (χ0v) is 12.9. The molecule has 0 radical (unpaired) electrons. The zero-order valence-electron chi connectivity index (χ0n) is 12.9. The Labute approximate surface area is 134 Å². The van der Waals surface area contributed by atoms with Gasteiger partial charge in [-0.3, -0.25) is 14.5 Å². The van der Waals surface area contributed by atoms with E-state index in [-0.39, 0.29) is 12.0 Å². The van der Waals surface area contributed by atoms with Crippen molar-refractivity contribution >= 4 is 17.8 Å². The van der Waals surface area contributed by atoms with Crippen molar-refractivity contribution in [2.75, 3.05) is 33.3 Å². The van der Waals surface area contributed by atoms with Crippen LogP contribution in [0.2, 0.25) is 0 Å². The highest BCUT2D eigenvalue weighted by Crippen LogP contribution is 2.18. The van der Waals surface area contributed by atoms with E-state index in [1.165, 1.54) is 7.11 Å². The lowest BCUT2D eigenvalue weighted by Gasteiger charge is -2.43. The van der Waals surface area contributed by atoms with Crippen LogP contribution >= 0.6 is 0 Å². The molecule has 2 aliphatic rings. The van der Waals surface area contributed by atoms with Gasteiger partial charge in [0.15, 0.2) is 0 Å². The first-order valence-electron chi connectivity index (χ1n) is 7.57. The minimum absolute atomic E-state index is 0.0146. The largest absolute Gasteiger partial charge is 0.465 e. The van der Waals surface area contributed by atoms with Crippen molar-refractivity contribution in [2.45, 2.75) is 12.6 Å². The molecule has 2 fully saturated rings. The van der Waals surface area contributed by atoms with Gasteiger partial charge >= 0.3 is 17.8 Å². The maximum absolute atomic E-state index is 11.8. The second-order valence-electron chi connectivity index (χ2n) is 5.75. The molecule has 0 spiro atoms. The molecule has 1 N–H and O–H groups in total. The summed E-state index contributed by atoms with van der Waals surface area (Å²) in [4.78, 5) is 38.9. The maximum Gasteiger partial charge on any atom is 0.338 e. The molecular weight excluding hydrogens is 298 g/mol. The molecule has 2 amide bonds. The number of nitrogens with zero attached hydrogens (tertiary/aromatic N) is 2. The minimum Gasteiger partial charge on any atom is -0.465 e. The number of piperazine rings is 2. The number of fused-ring (bicyclic) bond motifs is 1. The molecule has 0 unspecified atom stereocenters. The highest BCUT2D eigenvalue weighted by molar-refractivity contribution is 6.35. The van der Waals surface area contributed by atoms with E-state index in [4.69, 9.17) is 4.74 Å². The molecule has 7 heteroatoms. The Hall–Kier alpha value is -2.41. The Morgan fingerprint density at radius 1 is 1.30 bits per heavy atom. The van der Waals surface area contributed by atoms with Crippen LogP contribution < -0.4 is 5.32 Å². The summed E-state index contributed by atoms with van der Waals surface area (Å²) in [6, 6.07) is 7.35. The number of carbonyl (C=O) groups is 3. The highest BCUT2D eigenvalue weighted by atomic mass is 16.5. The average Bonchev–Trinajstić information content (AvgIpc) is 2.58. The topological polar surface area (TPSA) is 79.0 Å². The van der Waals surface area contributed by atoms with Crippen molar-refractivity contribution in [1.29, 1.82) is 0 Å². The lowest BCUT2D eigenvalue weighted by Crippen LogP contribution is -2.65. The molecule has 23 heavy (non-hydrogen) atoms. The lowest BCUT2D eigenvalue weighted by atomic mass is 10.0. The van der Waals surface area contributed by atoms with Crippen LogP contribution in [-0.2, 0) is 20.9 Å². The predicted octanol–water partition coefficient (Wildman–Crippen LogP) is -0.384. The first-order chi connectivity index (χ1) is 11.1. The van der Waals surface area contributed by atoms with Gasteiger partial charge in [-0.05, 0) is 11.6 Å². The van der Waals surface area contributed by atoms with Crippen LogP contribution in [0.5, 0.6) is 0 Å². The maximum atomic E-state index is 11.8. The predicted molar refractivity (Wildman–Crippen MR) is 81.6 cm³/mol. The van der Waals surface area contributed by atoms with E-state index in [1.807, 2.05) is 18.2 Å². The summed E-state index contributed by atoms with van der Waals surface area (Å²) in [5.74, 6) is -1.32. The fraction of sp³-hybridized carbons (Fsp3) is 0.438. The van der Waals surface area contributed by atoms with Gasteiger partial charge in [0.2, 0.25) is 0 Å². The van der Waals surface area contributed by atoms with Gasteiger partial charge in [0.05, 0.1) is 18.7 Å². The number of amides is 2. The molecule has 1 aromatic rings. The SMILES string of the molecule is COC(=O)c1ccccc1CN1CCN2C(=O)C(=O)NC[C@H]2C1. The van der Waals surface area contributed by atoms with Gasteiger partial charge in [0, 0.05) is 32.7 Å². The Kier molecular flexibility index (Phi) is 4.29. The molecule has 3 rings (SSSR count). The smallest absolute Gasteiger partial charge is 0.338 e. The van der Waals surface area contributed by atoms with Crippen molar-refractivity contribution in [3.05, 3.63) is 35.4 Å². The summed E-state index contributed by atoms with van der Waals surface area (Å²) in [6.07, 6.45) is 0. The zero-order chi connectivity index (χ0) is 16.4. The van der Waals surface area contributed by atoms with Gasteiger partial charge in [-0.25, -0.2) is 4.79 Å². The molecule has 122 valence electrons. The summed E-state index contributed by atoms with van der Waals surface area (Å²) >= 11 is 0. The van der Waals surface area contributed by atoms with Gasteiger partial charge in [0.25, 0.3) is 0 Å². The van der Waals surface area contributed by atoms with Crippen molar-refractivity contribution in [1.82, 2.24) is 15.1 Å². The van der Waals surface area contributed by atoms with E-state index in [9.17, 15) is 14.4 Å². The standard InChI is InChI=1S/C16H19N3O4/c1-23-16(22)13-5-3-2-4-11(13)9-18-6-7-19-12(10-18)8-17-14(20)15(19)21/h2-5,12H,6-10H2,1H3,(H,17,20)/t12-/m0/s1. The fourth-order valence-corrected chi connectivity index (χ4v) is 3.13. The number of nitrogens with one attached hydrogen (secondary N) is 1. The first kappa shape index (κ1) is 15.5. The second kappa shape index (κ2) is 6.37. The third kappa shape index (κ3) is 3.05. The molecule has 1 aromatic carbocycles. The quantitative estimate of drug-likeness (QED) is 0.607. The number of carbonyl (C=O) groups excluding carboxylic acids is 3. The summed E-state index contributed by atoms with van der Waals surface area (Å²) in [7, 11) is 1.37. The number of ether oxygens (including phenoxy) is 1. The van der Waals surface area contributed by atoms with Gasteiger partial charge in [-0.15, -0.1) is 0 Å². The van der Waals surface area contributed by atoms with Crippen molar-refractivity contribution in [3.8, 4) is 0 Å². The van der Waals surface area contributed by atoms with Crippen LogP contribution in [0.4, 0.5) is 0 Å². The Morgan fingerprint density at radius 3 is 2.87 bits per heavy atom. The molecule has 1 atom stereocenters. The highest BCUT2D eigenvalue weighted by Gasteiger charge is 2.37. The molecule has 7 nitrogen and oxygen atoms in total. The molecule has 2 saturated heterocycles. The first-order valence-corrected chi connectivity index (χ1v) is 7.57. The van der Waals surface area contributed by atoms with E-state index in [2.05, 4.69) is 10.2 Å². The molecule has 2 aliphatic heterocycles. The van der Waals surface area contributed by atoms with Gasteiger partial charge in [-0.1, -0.05) is 18.2 Å². The number of methoxy groups -OCH3 is 1. The van der Waals surface area contributed by atoms with Crippen molar-refractivity contribution in [3.63, 3.8) is 0 Å². The average molecular weight is 317 g/mol. The van der Waals surface area contributed by atoms with Crippen molar-refractivity contribution < 1.29 is 19.1 Å². The third-order valence-corrected chi connectivity index (χ3v) is 4.34. The summed E-state index contributed by atoms with van der Waals surface area (Å²) in [5.41, 5.74) is 1.46. The molecule has 2 heterocycles. The van der Waals surface area contributed by atoms with Crippen LogP contribution in [0.3, 0.4) is 0 Å². The van der Waals surface area contributed by atoms with E-state index in [0.29, 0.717) is 38.3 Å². The second-order valence-corrected chi connectivity index (χ2v) is 5.75. The number of hydrogen-bond donors (Lipinski definition) is 1. The van der Waals surface area contributed by atoms with E-state index < -0.39 is 11.8 Å². The summed E-state index contributed by atoms with van der Waals surface area (Å²) in [5, 5.41) is 2.62. The van der Waals surface area contributed by atoms with E-state index in [1.54, 1.807) is 11.0 Å². The molecule has 0 bridgehead atoms. The molecule has 0 saturated carbocycles. The Morgan fingerprint density at radius 2 is 2.09 bits per heavy atom. The monoisotopic (exact) mass is 317 g/mol. The van der Waals surface area contributed by atoms with E-state index >= 15 is 0 Å². The lowest BCUT2D eigenvalue weighted by molar-refractivity contribution is -0.152. The van der Waals surface area contributed by atoms with E-state index in [0.717, 1.165) is 5.56 Å². The number of hydrogen-bond acceptors (Lipinski definition) is 5. The molecule has 0 aliphatic carbocycles. The van der Waals surface area contributed by atoms with Gasteiger partial charge in [-0.2, -0.15) is 0 Å². The summed E-state index contributed by atoms with van der Waals surface area (Å²) in [6.45, 7) is 2.95. The minimum atomic E-state index is -0.522. The van der Waals surface area contributed by atoms with Crippen LogP contribution in [0.15, 0.2) is 24.3 Å². The van der Waals surface area contributed by atoms with Crippen LogP contribution in [0, 0.1) is 0 Å². The fourth-order valence-electron chi connectivity index (χ4n) is 3.13. The number of esters is 1. The number of rotatable bonds is 3. The molecule has 0 aromatic heterocycles. The molecular formula is C16H19N3O4.